The number of hydrogen-bond acceptors (Lipinski definition) is 5. The Bertz CT molecular complexity index is 1390. The van der Waals surface area contributed by atoms with Gasteiger partial charge in [0.25, 0.3) is 5.91 Å². The Kier molecular flexibility index (Phi) is 5.86. The molecule has 0 spiro atoms. The normalized spacial score (nSPS) is 19.8. The van der Waals surface area contributed by atoms with Crippen molar-refractivity contribution in [2.24, 2.45) is 7.05 Å². The van der Waals surface area contributed by atoms with Crippen molar-refractivity contribution >= 4 is 21.6 Å². The maximum atomic E-state index is 13.6. The van der Waals surface area contributed by atoms with E-state index in [9.17, 15) is 22.0 Å². The maximum absolute atomic E-state index is 13.6. The fraction of sp³-hybridized carbons (Fsp3) is 0.292. The quantitative estimate of drug-likeness (QED) is 0.538. The number of hydrogen-bond donors (Lipinski definition) is 2. The number of anilines is 1. The minimum absolute atomic E-state index is 0.0163. The van der Waals surface area contributed by atoms with Crippen LogP contribution >= 0.6 is 0 Å². The molecule has 3 aromatic rings. The number of rotatable bonds is 6. The molecule has 2 heterocycles. The van der Waals surface area contributed by atoms with Gasteiger partial charge in [-0.25, -0.2) is 21.9 Å². The van der Waals surface area contributed by atoms with Crippen molar-refractivity contribution in [2.45, 2.75) is 36.0 Å². The molecule has 1 aromatic heterocycles. The minimum Gasteiger partial charge on any atom is -0.488 e. The largest absolute Gasteiger partial charge is 0.488 e. The van der Waals surface area contributed by atoms with Crippen LogP contribution in [0.25, 0.3) is 0 Å². The van der Waals surface area contributed by atoms with E-state index in [1.54, 1.807) is 0 Å². The summed E-state index contributed by atoms with van der Waals surface area (Å²) in [7, 11) is -2.54. The Balaban J connectivity index is 1.38. The predicted octanol–water partition coefficient (Wildman–Crippen LogP) is 3.34. The first-order valence-electron chi connectivity index (χ1n) is 11.0. The second kappa shape index (κ2) is 8.74. The summed E-state index contributed by atoms with van der Waals surface area (Å²) < 4.78 is 69.2. The number of nitrogens with one attached hydrogen (secondary N) is 2. The monoisotopic (exact) mass is 503 g/mol. The average Bonchev–Trinajstić information content (AvgIpc) is 3.55. The summed E-state index contributed by atoms with van der Waals surface area (Å²) in [4.78, 5) is 12.8. The molecule has 5 rings (SSSR count). The van der Waals surface area contributed by atoms with Gasteiger partial charge in [-0.3, -0.25) is 4.79 Å². The number of fused-ring (bicyclic) bond motifs is 1. The van der Waals surface area contributed by atoms with Gasteiger partial charge in [0.05, 0.1) is 18.2 Å². The molecule has 0 radical (unpaired) electrons. The highest BCUT2D eigenvalue weighted by Crippen LogP contribution is 2.45. The highest BCUT2D eigenvalue weighted by Gasteiger charge is 2.54. The van der Waals surface area contributed by atoms with Crippen LogP contribution in [0.4, 0.5) is 14.5 Å². The molecular formula is C24H23F2N3O5S. The van der Waals surface area contributed by atoms with Crippen LogP contribution in [0, 0.1) is 11.6 Å². The summed E-state index contributed by atoms with van der Waals surface area (Å²) in [5, 5.41) is 2.46. The van der Waals surface area contributed by atoms with Gasteiger partial charge in [-0.05, 0) is 30.5 Å². The molecule has 2 aliphatic rings. The molecule has 1 fully saturated rings. The number of aromatic nitrogens is 1. The van der Waals surface area contributed by atoms with Crippen LogP contribution in [-0.2, 0) is 28.4 Å². The lowest BCUT2D eigenvalue weighted by molar-refractivity contribution is -0.0111. The molecule has 1 aliphatic heterocycles. The van der Waals surface area contributed by atoms with Gasteiger partial charge in [-0.15, -0.1) is 0 Å². The third kappa shape index (κ3) is 4.54. The zero-order valence-electron chi connectivity index (χ0n) is 18.8. The average molecular weight is 504 g/mol. The zero-order valence-corrected chi connectivity index (χ0v) is 19.6. The second-order valence-corrected chi connectivity index (χ2v) is 10.4. The van der Waals surface area contributed by atoms with Crippen molar-refractivity contribution in [3.05, 3.63) is 77.6 Å². The van der Waals surface area contributed by atoms with E-state index in [0.29, 0.717) is 19.4 Å². The van der Waals surface area contributed by atoms with Crippen molar-refractivity contribution < 1.29 is 31.5 Å². The summed E-state index contributed by atoms with van der Waals surface area (Å²) in [6.07, 6.45) is 2.61. The zero-order chi connectivity index (χ0) is 24.8. The van der Waals surface area contributed by atoms with E-state index in [0.717, 1.165) is 17.7 Å². The van der Waals surface area contributed by atoms with E-state index in [1.807, 2.05) is 30.3 Å². The minimum atomic E-state index is -4.04. The Labute approximate surface area is 200 Å². The van der Waals surface area contributed by atoms with Crippen LogP contribution in [-0.4, -0.2) is 37.1 Å². The van der Waals surface area contributed by atoms with Gasteiger partial charge in [0, 0.05) is 25.0 Å². The molecule has 2 aromatic carbocycles. The van der Waals surface area contributed by atoms with Crippen LogP contribution < -0.4 is 14.8 Å². The topological polar surface area (TPSA) is 98.7 Å². The third-order valence-electron chi connectivity index (χ3n) is 6.22. The van der Waals surface area contributed by atoms with Crippen molar-refractivity contribution in [1.29, 1.82) is 0 Å². The number of ether oxygens (including phenoxy) is 2. The smallest absolute Gasteiger partial charge is 0.276 e. The first-order chi connectivity index (χ1) is 16.7. The van der Waals surface area contributed by atoms with Crippen LogP contribution in [0.3, 0.4) is 0 Å². The molecule has 1 aliphatic carbocycles. The predicted molar refractivity (Wildman–Crippen MR) is 123 cm³/mol. The molecule has 0 saturated heterocycles. The van der Waals surface area contributed by atoms with Crippen LogP contribution in [0.15, 0.2) is 59.6 Å². The number of sulfonamides is 1. The number of aryl methyl sites for hydroxylation is 1. The highest BCUT2D eigenvalue weighted by molar-refractivity contribution is 7.89. The van der Waals surface area contributed by atoms with Crippen LogP contribution in [0.5, 0.6) is 5.75 Å². The fourth-order valence-electron chi connectivity index (χ4n) is 4.16. The van der Waals surface area contributed by atoms with E-state index in [1.165, 1.54) is 23.9 Å². The van der Waals surface area contributed by atoms with Gasteiger partial charge in [0.15, 0.2) is 23.1 Å². The summed E-state index contributed by atoms with van der Waals surface area (Å²) in [6, 6.07) is 11.8. The van der Waals surface area contributed by atoms with Gasteiger partial charge >= 0.3 is 0 Å². The summed E-state index contributed by atoms with van der Waals surface area (Å²) >= 11 is 0. The molecule has 1 atom stereocenters. The summed E-state index contributed by atoms with van der Waals surface area (Å²) in [5.41, 5.74) is 0.215. The Morgan fingerprint density at radius 2 is 1.94 bits per heavy atom. The van der Waals surface area contributed by atoms with Gasteiger partial charge < -0.3 is 19.4 Å². The summed E-state index contributed by atoms with van der Waals surface area (Å²) in [6.45, 7) is 0.283. The lowest BCUT2D eigenvalue weighted by atomic mass is 10.1. The Morgan fingerprint density at radius 1 is 1.20 bits per heavy atom. The number of amides is 1. The molecular weight excluding hydrogens is 480 g/mol. The first kappa shape index (κ1) is 23.5. The van der Waals surface area contributed by atoms with Crippen molar-refractivity contribution in [3.8, 4) is 5.75 Å². The number of benzene rings is 2. The Hall–Kier alpha value is -3.28. The Morgan fingerprint density at radius 3 is 2.63 bits per heavy atom. The highest BCUT2D eigenvalue weighted by atomic mass is 32.2. The van der Waals surface area contributed by atoms with Gasteiger partial charge in [0.2, 0.25) is 10.0 Å². The number of nitrogens with zero attached hydrogens (tertiary/aromatic N) is 1. The standard InChI is InChI=1S/C24H23F2N3O5S/c1-29-12-19-22(21(29)23(30)27-16-7-8-17(25)18(26)11-16)33-14-20(28-35(19,31)32)24(9-10-24)34-13-15-5-3-2-4-6-15/h2-8,11-12,20,28H,9-10,13-14H2,1H3,(H,27,30)/t20-/m0/s1. The van der Waals surface area contributed by atoms with E-state index in [-0.39, 0.29) is 28.6 Å². The molecule has 1 saturated carbocycles. The third-order valence-corrected chi connectivity index (χ3v) is 7.69. The van der Waals surface area contributed by atoms with Crippen molar-refractivity contribution in [3.63, 3.8) is 0 Å². The van der Waals surface area contributed by atoms with E-state index < -0.39 is 39.2 Å². The van der Waals surface area contributed by atoms with Gasteiger partial charge in [0.1, 0.15) is 11.5 Å². The molecule has 2 N–H and O–H groups in total. The van der Waals surface area contributed by atoms with E-state index in [4.69, 9.17) is 9.47 Å². The van der Waals surface area contributed by atoms with Gasteiger partial charge in [-0.1, -0.05) is 30.3 Å². The van der Waals surface area contributed by atoms with Crippen molar-refractivity contribution in [2.75, 3.05) is 11.9 Å². The van der Waals surface area contributed by atoms with E-state index >= 15 is 0 Å². The van der Waals surface area contributed by atoms with E-state index in [2.05, 4.69) is 10.0 Å². The lowest BCUT2D eigenvalue weighted by Crippen LogP contribution is -2.48. The van der Waals surface area contributed by atoms with Crippen molar-refractivity contribution in [1.82, 2.24) is 9.29 Å². The SMILES string of the molecule is Cn1cc2c(c1C(=O)Nc1ccc(F)c(F)c1)OC[C@@H](C1(OCc3ccccc3)CC1)NS2(=O)=O. The summed E-state index contributed by atoms with van der Waals surface area (Å²) in [5.74, 6) is -3.01. The van der Waals surface area contributed by atoms with Crippen LogP contribution in [0.2, 0.25) is 0 Å². The molecule has 184 valence electrons. The first-order valence-corrected chi connectivity index (χ1v) is 12.5. The maximum Gasteiger partial charge on any atom is 0.276 e. The number of halogens is 2. The molecule has 0 unspecified atom stereocenters. The number of carbonyl (C=O) groups is 1. The molecule has 35 heavy (non-hydrogen) atoms. The second-order valence-electron chi connectivity index (χ2n) is 8.69. The molecule has 8 nitrogen and oxygen atoms in total. The molecule has 0 bridgehead atoms. The van der Waals surface area contributed by atoms with Gasteiger partial charge in [-0.2, -0.15) is 0 Å². The van der Waals surface area contributed by atoms with Crippen LogP contribution in [0.1, 0.15) is 28.9 Å². The lowest BCUT2D eigenvalue weighted by Gasteiger charge is -2.26. The molecule has 1 amide bonds. The fourth-order valence-corrected chi connectivity index (χ4v) is 5.64. The number of carbonyl (C=O) groups excluding carboxylic acids is 1. The molecule has 11 heteroatoms.